The maximum absolute atomic E-state index is 11.1. The standard InChI is InChI=1S/C8H4BrClN2O/c9-6-3-5(1-2-7(6)10)8(13)12-4-11/h1-3H,(H,12,13). The van der Waals surface area contributed by atoms with Crippen LogP contribution in [-0.2, 0) is 0 Å². The molecule has 0 aliphatic heterocycles. The minimum absolute atomic E-state index is 0.387. The summed E-state index contributed by atoms with van der Waals surface area (Å²) in [6.07, 6.45) is 1.55. The molecule has 66 valence electrons. The number of nitrogens with zero attached hydrogens (tertiary/aromatic N) is 1. The van der Waals surface area contributed by atoms with Crippen LogP contribution in [0.2, 0.25) is 5.02 Å². The molecule has 0 atom stereocenters. The molecule has 0 saturated carbocycles. The van der Waals surface area contributed by atoms with Gasteiger partial charge in [-0.2, -0.15) is 5.26 Å². The Morgan fingerprint density at radius 2 is 2.31 bits per heavy atom. The van der Waals surface area contributed by atoms with Crippen LogP contribution in [0.3, 0.4) is 0 Å². The first-order valence-electron chi connectivity index (χ1n) is 3.29. The number of halogens is 2. The SMILES string of the molecule is N#CNC(=O)c1ccc(Cl)c(Br)c1. The van der Waals surface area contributed by atoms with Gasteiger partial charge in [-0.1, -0.05) is 11.6 Å². The average molecular weight is 259 g/mol. The number of hydrogen-bond donors (Lipinski definition) is 1. The zero-order valence-electron chi connectivity index (χ0n) is 6.34. The van der Waals surface area contributed by atoms with Gasteiger partial charge in [-0.15, -0.1) is 0 Å². The second kappa shape index (κ2) is 4.26. The van der Waals surface area contributed by atoms with Crippen molar-refractivity contribution in [3.05, 3.63) is 33.3 Å². The number of nitrogens with one attached hydrogen (secondary N) is 1. The molecule has 0 aromatic heterocycles. The largest absolute Gasteiger partial charge is 0.268 e. The van der Waals surface area contributed by atoms with Crippen molar-refractivity contribution in [1.82, 2.24) is 5.32 Å². The number of amides is 1. The molecule has 13 heavy (non-hydrogen) atoms. The molecule has 1 N–H and O–H groups in total. The lowest BCUT2D eigenvalue weighted by atomic mass is 10.2. The molecule has 0 aliphatic rings. The van der Waals surface area contributed by atoms with Gasteiger partial charge in [-0.25, -0.2) is 0 Å². The molecule has 0 aliphatic carbocycles. The van der Waals surface area contributed by atoms with Crippen molar-refractivity contribution in [2.45, 2.75) is 0 Å². The molecule has 1 aromatic rings. The molecule has 5 heteroatoms. The minimum atomic E-state index is -0.445. The first kappa shape index (κ1) is 10.0. The fourth-order valence-corrected chi connectivity index (χ4v) is 1.26. The monoisotopic (exact) mass is 258 g/mol. The number of hydrogen-bond acceptors (Lipinski definition) is 2. The quantitative estimate of drug-likeness (QED) is 0.621. The summed E-state index contributed by atoms with van der Waals surface area (Å²) in [6, 6.07) is 4.67. The summed E-state index contributed by atoms with van der Waals surface area (Å²) >= 11 is 8.89. The lowest BCUT2D eigenvalue weighted by Gasteiger charge is -1.99. The summed E-state index contributed by atoms with van der Waals surface area (Å²) in [7, 11) is 0. The van der Waals surface area contributed by atoms with Crippen molar-refractivity contribution in [2.24, 2.45) is 0 Å². The fourth-order valence-electron chi connectivity index (χ4n) is 0.760. The smallest absolute Gasteiger partial charge is 0.264 e. The Kier molecular flexibility index (Phi) is 3.29. The van der Waals surface area contributed by atoms with Crippen LogP contribution in [0.4, 0.5) is 0 Å². The van der Waals surface area contributed by atoms with E-state index in [4.69, 9.17) is 16.9 Å². The van der Waals surface area contributed by atoms with Crippen LogP contribution in [0, 0.1) is 11.5 Å². The lowest BCUT2D eigenvalue weighted by Crippen LogP contribution is -2.17. The van der Waals surface area contributed by atoms with Crippen LogP contribution in [0.15, 0.2) is 22.7 Å². The van der Waals surface area contributed by atoms with Crippen molar-refractivity contribution in [1.29, 1.82) is 5.26 Å². The zero-order chi connectivity index (χ0) is 9.84. The Morgan fingerprint density at radius 1 is 1.62 bits per heavy atom. The third-order valence-corrected chi connectivity index (χ3v) is 2.57. The summed E-state index contributed by atoms with van der Waals surface area (Å²) in [6.45, 7) is 0. The van der Waals surface area contributed by atoms with Crippen LogP contribution in [-0.4, -0.2) is 5.91 Å². The normalized spacial score (nSPS) is 9.00. The van der Waals surface area contributed by atoms with E-state index < -0.39 is 5.91 Å². The topological polar surface area (TPSA) is 52.9 Å². The van der Waals surface area contributed by atoms with E-state index in [-0.39, 0.29) is 0 Å². The van der Waals surface area contributed by atoms with Crippen LogP contribution >= 0.6 is 27.5 Å². The van der Waals surface area contributed by atoms with Gasteiger partial charge in [0.25, 0.3) is 5.91 Å². The summed E-state index contributed by atoms with van der Waals surface area (Å²) in [4.78, 5) is 11.1. The Labute approximate surface area is 88.4 Å². The van der Waals surface area contributed by atoms with Crippen LogP contribution in [0.5, 0.6) is 0 Å². The summed E-state index contributed by atoms with van der Waals surface area (Å²) in [5.41, 5.74) is 0.387. The van der Waals surface area contributed by atoms with Crippen molar-refractivity contribution in [2.75, 3.05) is 0 Å². The van der Waals surface area contributed by atoms with Crippen molar-refractivity contribution >= 4 is 33.4 Å². The van der Waals surface area contributed by atoms with E-state index in [9.17, 15) is 4.79 Å². The predicted molar refractivity (Wildman–Crippen MR) is 52.2 cm³/mol. The molecule has 1 aromatic carbocycles. The van der Waals surface area contributed by atoms with E-state index in [2.05, 4.69) is 15.9 Å². The Morgan fingerprint density at radius 3 is 2.85 bits per heavy atom. The zero-order valence-corrected chi connectivity index (χ0v) is 8.69. The second-order valence-corrected chi connectivity index (χ2v) is 3.46. The summed E-state index contributed by atoms with van der Waals surface area (Å²) < 4.78 is 0.625. The average Bonchev–Trinajstić information content (AvgIpc) is 2.10. The van der Waals surface area contributed by atoms with E-state index in [0.717, 1.165) is 0 Å². The molecule has 0 fully saturated rings. The number of rotatable bonds is 1. The highest BCUT2D eigenvalue weighted by Crippen LogP contribution is 2.22. The second-order valence-electron chi connectivity index (χ2n) is 2.19. The Hall–Kier alpha value is -1.05. The van der Waals surface area contributed by atoms with E-state index in [1.165, 1.54) is 0 Å². The molecule has 1 amide bonds. The lowest BCUT2D eigenvalue weighted by molar-refractivity contribution is 0.0973. The van der Waals surface area contributed by atoms with E-state index in [0.29, 0.717) is 15.1 Å². The molecular formula is C8H4BrClN2O. The van der Waals surface area contributed by atoms with Crippen LogP contribution in [0.1, 0.15) is 10.4 Å². The molecule has 0 bridgehead atoms. The maximum atomic E-state index is 11.1. The van der Waals surface area contributed by atoms with Crippen LogP contribution in [0.25, 0.3) is 0 Å². The van der Waals surface area contributed by atoms with Gasteiger partial charge in [0.2, 0.25) is 0 Å². The van der Waals surface area contributed by atoms with Gasteiger partial charge in [-0.05, 0) is 34.1 Å². The minimum Gasteiger partial charge on any atom is -0.268 e. The highest BCUT2D eigenvalue weighted by atomic mass is 79.9. The third-order valence-electron chi connectivity index (χ3n) is 1.35. The highest BCUT2D eigenvalue weighted by Gasteiger charge is 2.06. The number of nitriles is 1. The van der Waals surface area contributed by atoms with Gasteiger partial charge >= 0.3 is 0 Å². The van der Waals surface area contributed by atoms with E-state index in [1.54, 1.807) is 24.4 Å². The predicted octanol–water partition coefficient (Wildman–Crippen LogP) is 2.31. The van der Waals surface area contributed by atoms with Gasteiger partial charge in [0, 0.05) is 10.0 Å². The molecular weight excluding hydrogens is 255 g/mol. The van der Waals surface area contributed by atoms with Gasteiger partial charge in [0.15, 0.2) is 6.19 Å². The fraction of sp³-hybridized carbons (Fsp3) is 0. The number of benzene rings is 1. The van der Waals surface area contributed by atoms with Gasteiger partial charge in [0.05, 0.1) is 5.02 Å². The molecule has 1 rings (SSSR count). The van der Waals surface area contributed by atoms with Gasteiger partial charge in [0.1, 0.15) is 0 Å². The summed E-state index contributed by atoms with van der Waals surface area (Å²) in [5, 5.41) is 10.7. The molecule has 0 heterocycles. The van der Waals surface area contributed by atoms with Crippen molar-refractivity contribution < 1.29 is 4.79 Å². The summed E-state index contributed by atoms with van der Waals surface area (Å²) in [5.74, 6) is -0.445. The highest BCUT2D eigenvalue weighted by molar-refractivity contribution is 9.10. The first-order chi connectivity index (χ1) is 6.15. The maximum Gasteiger partial charge on any atom is 0.264 e. The van der Waals surface area contributed by atoms with E-state index in [1.807, 2.05) is 5.32 Å². The Bertz CT molecular complexity index is 386. The van der Waals surface area contributed by atoms with Gasteiger partial charge < -0.3 is 0 Å². The molecule has 0 spiro atoms. The number of carbonyl (C=O) groups is 1. The van der Waals surface area contributed by atoms with Gasteiger partial charge in [-0.3, -0.25) is 10.1 Å². The van der Waals surface area contributed by atoms with Crippen molar-refractivity contribution in [3.8, 4) is 6.19 Å². The molecule has 3 nitrogen and oxygen atoms in total. The molecule has 0 unspecified atom stereocenters. The molecule has 0 saturated heterocycles. The third kappa shape index (κ3) is 2.44. The van der Waals surface area contributed by atoms with Crippen LogP contribution < -0.4 is 5.32 Å². The molecule has 0 radical (unpaired) electrons. The van der Waals surface area contributed by atoms with Crippen molar-refractivity contribution in [3.63, 3.8) is 0 Å². The van der Waals surface area contributed by atoms with E-state index >= 15 is 0 Å². The first-order valence-corrected chi connectivity index (χ1v) is 4.46. The number of carbonyl (C=O) groups excluding carboxylic acids is 1. The Balaban J connectivity index is 2.98.